The SMILES string of the molecule is CC(c1cc(Cl)ccc1O)N1CCS(=O)(=O)CC1. The third-order valence-electron chi connectivity index (χ3n) is 3.37. The van der Waals surface area contributed by atoms with Crippen molar-refractivity contribution >= 4 is 21.4 Å². The number of hydrogen-bond donors (Lipinski definition) is 1. The van der Waals surface area contributed by atoms with Gasteiger partial charge in [0.15, 0.2) is 9.84 Å². The van der Waals surface area contributed by atoms with Crippen LogP contribution in [0.4, 0.5) is 0 Å². The standard InChI is InChI=1S/C12H16ClNO3S/c1-9(11-8-10(13)2-3-12(11)15)14-4-6-18(16,17)7-5-14/h2-3,8-9,15H,4-7H2,1H3. The highest BCUT2D eigenvalue weighted by atomic mass is 35.5. The van der Waals surface area contributed by atoms with Crippen molar-refractivity contribution in [2.45, 2.75) is 13.0 Å². The molecule has 1 aliphatic heterocycles. The van der Waals surface area contributed by atoms with E-state index in [0.717, 1.165) is 5.56 Å². The summed E-state index contributed by atoms with van der Waals surface area (Å²) in [4.78, 5) is 2.05. The molecule has 0 aromatic heterocycles. The highest BCUT2D eigenvalue weighted by molar-refractivity contribution is 7.91. The molecule has 1 aromatic rings. The van der Waals surface area contributed by atoms with E-state index < -0.39 is 9.84 Å². The molecule has 4 nitrogen and oxygen atoms in total. The fourth-order valence-corrected chi connectivity index (χ4v) is 3.58. The number of aromatic hydroxyl groups is 1. The van der Waals surface area contributed by atoms with Crippen LogP contribution >= 0.6 is 11.6 Å². The first-order valence-corrected chi connectivity index (χ1v) is 8.02. The zero-order valence-corrected chi connectivity index (χ0v) is 11.7. The first-order valence-electron chi connectivity index (χ1n) is 5.82. The van der Waals surface area contributed by atoms with Crippen molar-refractivity contribution in [3.05, 3.63) is 28.8 Å². The quantitative estimate of drug-likeness (QED) is 0.902. The average Bonchev–Trinajstić information content (AvgIpc) is 2.31. The molecule has 1 saturated heterocycles. The Morgan fingerprint density at radius 1 is 1.33 bits per heavy atom. The van der Waals surface area contributed by atoms with E-state index in [-0.39, 0.29) is 23.3 Å². The van der Waals surface area contributed by atoms with Crippen molar-refractivity contribution in [2.24, 2.45) is 0 Å². The van der Waals surface area contributed by atoms with Crippen molar-refractivity contribution in [3.63, 3.8) is 0 Å². The third-order valence-corrected chi connectivity index (χ3v) is 5.21. The largest absolute Gasteiger partial charge is 0.508 e. The molecule has 1 atom stereocenters. The van der Waals surface area contributed by atoms with Crippen LogP contribution in [0.5, 0.6) is 5.75 Å². The van der Waals surface area contributed by atoms with E-state index in [1.165, 1.54) is 0 Å². The topological polar surface area (TPSA) is 57.6 Å². The minimum Gasteiger partial charge on any atom is -0.508 e. The summed E-state index contributed by atoms with van der Waals surface area (Å²) in [5.41, 5.74) is 0.738. The summed E-state index contributed by atoms with van der Waals surface area (Å²) in [6.07, 6.45) is 0. The Morgan fingerprint density at radius 3 is 2.56 bits per heavy atom. The van der Waals surface area contributed by atoms with E-state index in [9.17, 15) is 13.5 Å². The molecule has 0 bridgehead atoms. The van der Waals surface area contributed by atoms with Gasteiger partial charge in [0.25, 0.3) is 0 Å². The molecular formula is C12H16ClNO3S. The smallest absolute Gasteiger partial charge is 0.152 e. The Balaban J connectivity index is 2.17. The van der Waals surface area contributed by atoms with Crippen LogP contribution in [-0.2, 0) is 9.84 Å². The predicted molar refractivity (Wildman–Crippen MR) is 71.8 cm³/mol. The number of sulfone groups is 1. The maximum atomic E-state index is 11.4. The van der Waals surface area contributed by atoms with E-state index >= 15 is 0 Å². The summed E-state index contributed by atoms with van der Waals surface area (Å²) < 4.78 is 22.8. The molecule has 0 spiro atoms. The molecule has 2 rings (SSSR count). The third kappa shape index (κ3) is 2.96. The molecule has 6 heteroatoms. The van der Waals surface area contributed by atoms with E-state index in [1.807, 2.05) is 11.8 Å². The molecule has 0 aliphatic carbocycles. The van der Waals surface area contributed by atoms with Gasteiger partial charge in [-0.2, -0.15) is 0 Å². The van der Waals surface area contributed by atoms with Gasteiger partial charge in [-0.05, 0) is 25.1 Å². The fraction of sp³-hybridized carbons (Fsp3) is 0.500. The van der Waals surface area contributed by atoms with E-state index in [0.29, 0.717) is 18.1 Å². The van der Waals surface area contributed by atoms with Crippen LogP contribution in [0, 0.1) is 0 Å². The number of hydrogen-bond acceptors (Lipinski definition) is 4. The minimum absolute atomic E-state index is 0.0424. The molecule has 1 N–H and O–H groups in total. The lowest BCUT2D eigenvalue weighted by molar-refractivity contribution is 0.225. The van der Waals surface area contributed by atoms with Gasteiger partial charge >= 0.3 is 0 Å². The molecule has 0 amide bonds. The molecule has 1 aromatic carbocycles. The van der Waals surface area contributed by atoms with Crippen LogP contribution in [0.3, 0.4) is 0 Å². The van der Waals surface area contributed by atoms with Gasteiger partial charge in [-0.15, -0.1) is 0 Å². The van der Waals surface area contributed by atoms with Crippen molar-refractivity contribution in [1.82, 2.24) is 4.90 Å². The lowest BCUT2D eigenvalue weighted by Crippen LogP contribution is -2.41. The number of nitrogens with zero attached hydrogens (tertiary/aromatic N) is 1. The van der Waals surface area contributed by atoms with Crippen molar-refractivity contribution in [2.75, 3.05) is 24.6 Å². The van der Waals surface area contributed by atoms with Crippen LogP contribution in [0.25, 0.3) is 0 Å². The molecule has 1 unspecified atom stereocenters. The number of benzene rings is 1. The van der Waals surface area contributed by atoms with Crippen molar-refractivity contribution in [1.29, 1.82) is 0 Å². The monoisotopic (exact) mass is 289 g/mol. The second kappa shape index (κ2) is 5.07. The Morgan fingerprint density at radius 2 is 1.94 bits per heavy atom. The first-order chi connectivity index (χ1) is 8.39. The van der Waals surface area contributed by atoms with Gasteiger partial charge in [-0.3, -0.25) is 4.90 Å². The molecule has 1 fully saturated rings. The first kappa shape index (κ1) is 13.6. The van der Waals surface area contributed by atoms with Crippen LogP contribution in [0.2, 0.25) is 5.02 Å². The Hall–Kier alpha value is -0.780. The highest BCUT2D eigenvalue weighted by Crippen LogP contribution is 2.31. The molecule has 100 valence electrons. The lowest BCUT2D eigenvalue weighted by atomic mass is 10.1. The summed E-state index contributed by atoms with van der Waals surface area (Å²) in [7, 11) is -2.88. The Labute approximate surface area is 112 Å². The summed E-state index contributed by atoms with van der Waals surface area (Å²) in [5, 5.41) is 10.4. The van der Waals surface area contributed by atoms with Gasteiger partial charge in [0, 0.05) is 29.7 Å². The maximum absolute atomic E-state index is 11.4. The van der Waals surface area contributed by atoms with Gasteiger partial charge in [-0.25, -0.2) is 8.42 Å². The number of rotatable bonds is 2. The predicted octanol–water partition coefficient (Wildman–Crippen LogP) is 1.84. The van der Waals surface area contributed by atoms with E-state index in [1.54, 1.807) is 18.2 Å². The lowest BCUT2D eigenvalue weighted by Gasteiger charge is -2.32. The molecule has 18 heavy (non-hydrogen) atoms. The second-order valence-corrected chi connectivity index (χ2v) is 7.31. The molecular weight excluding hydrogens is 274 g/mol. The van der Waals surface area contributed by atoms with E-state index in [2.05, 4.69) is 0 Å². The van der Waals surface area contributed by atoms with Crippen molar-refractivity contribution in [3.8, 4) is 5.75 Å². The maximum Gasteiger partial charge on any atom is 0.152 e. The molecule has 1 aliphatic rings. The fourth-order valence-electron chi connectivity index (χ4n) is 2.17. The normalized spacial score (nSPS) is 21.7. The molecule has 0 radical (unpaired) electrons. The summed E-state index contributed by atoms with van der Waals surface area (Å²) >= 11 is 5.92. The van der Waals surface area contributed by atoms with E-state index in [4.69, 9.17) is 11.6 Å². The van der Waals surface area contributed by atoms with Crippen molar-refractivity contribution < 1.29 is 13.5 Å². The zero-order valence-electron chi connectivity index (χ0n) is 10.1. The minimum atomic E-state index is -2.88. The Bertz CT molecular complexity index is 530. The molecule has 0 saturated carbocycles. The van der Waals surface area contributed by atoms with Gasteiger partial charge in [0.1, 0.15) is 5.75 Å². The second-order valence-electron chi connectivity index (χ2n) is 4.57. The van der Waals surface area contributed by atoms with Crippen LogP contribution in [0.15, 0.2) is 18.2 Å². The summed E-state index contributed by atoms with van der Waals surface area (Å²) in [5.74, 6) is 0.553. The summed E-state index contributed by atoms with van der Waals surface area (Å²) in [6.45, 7) is 2.94. The molecule has 1 heterocycles. The van der Waals surface area contributed by atoms with Crippen LogP contribution in [-0.4, -0.2) is 43.0 Å². The number of halogens is 1. The van der Waals surface area contributed by atoms with Crippen LogP contribution in [0.1, 0.15) is 18.5 Å². The van der Waals surface area contributed by atoms with Gasteiger partial charge in [0.05, 0.1) is 11.5 Å². The highest BCUT2D eigenvalue weighted by Gasteiger charge is 2.26. The number of phenols is 1. The van der Waals surface area contributed by atoms with Gasteiger partial charge in [-0.1, -0.05) is 11.6 Å². The summed E-state index contributed by atoms with van der Waals surface area (Å²) in [6, 6.07) is 4.88. The Kier molecular flexibility index (Phi) is 3.84. The van der Waals surface area contributed by atoms with Crippen LogP contribution < -0.4 is 0 Å². The zero-order chi connectivity index (χ0) is 13.3. The average molecular weight is 290 g/mol. The van der Waals surface area contributed by atoms with Gasteiger partial charge < -0.3 is 5.11 Å². The number of phenolic OH excluding ortho intramolecular Hbond substituents is 1. The van der Waals surface area contributed by atoms with Gasteiger partial charge in [0.2, 0.25) is 0 Å².